The molecule has 0 heterocycles. The molecule has 0 saturated heterocycles. The third-order valence-corrected chi connectivity index (χ3v) is 3.94. The first-order valence-corrected chi connectivity index (χ1v) is 7.58. The van der Waals surface area contributed by atoms with E-state index in [1.165, 1.54) is 0 Å². The van der Waals surface area contributed by atoms with Gasteiger partial charge in [-0.3, -0.25) is 0 Å². The van der Waals surface area contributed by atoms with Crippen LogP contribution in [0.2, 0.25) is 0 Å². The molecule has 0 radical (unpaired) electrons. The number of ether oxygens (including phenoxy) is 1. The van der Waals surface area contributed by atoms with Gasteiger partial charge in [0.25, 0.3) is 0 Å². The number of rotatable bonds is 3. The molecule has 0 aliphatic carbocycles. The summed E-state index contributed by atoms with van der Waals surface area (Å²) < 4.78 is 6.47. The average molecular weight is 409 g/mol. The minimum Gasteiger partial charge on any atom is -0.506 e. The molecular formula is C16H11Br2NO2. The Kier molecular flexibility index (Phi) is 5.05. The van der Waals surface area contributed by atoms with Crippen molar-refractivity contribution in [1.29, 1.82) is 5.26 Å². The summed E-state index contributed by atoms with van der Waals surface area (Å²) >= 11 is 6.64. The number of aromatic hydroxyl groups is 1. The second-order valence-corrected chi connectivity index (χ2v) is 5.99. The lowest BCUT2D eigenvalue weighted by molar-refractivity contribution is 0.415. The zero-order valence-electron chi connectivity index (χ0n) is 11.1. The standard InChI is InChI=1S/C16H11Br2NO2/c1-21-14-4-2-10(3-5-14)12(9-19)6-11-7-13(17)8-15(18)16(11)20/h2-8,20H,1H3/b12-6+. The van der Waals surface area contributed by atoms with E-state index in [-0.39, 0.29) is 5.75 Å². The molecule has 0 aliphatic rings. The van der Waals surface area contributed by atoms with Gasteiger partial charge in [-0.15, -0.1) is 0 Å². The van der Waals surface area contributed by atoms with Crippen LogP contribution in [0, 0.1) is 11.3 Å². The summed E-state index contributed by atoms with van der Waals surface area (Å²) in [4.78, 5) is 0. The predicted molar refractivity (Wildman–Crippen MR) is 90.0 cm³/mol. The molecular weight excluding hydrogens is 398 g/mol. The summed E-state index contributed by atoms with van der Waals surface area (Å²) in [5.74, 6) is 0.823. The van der Waals surface area contributed by atoms with E-state index in [1.807, 2.05) is 0 Å². The SMILES string of the molecule is COc1ccc(/C(C#N)=C/c2cc(Br)cc(Br)c2O)cc1. The zero-order chi connectivity index (χ0) is 15.4. The average Bonchev–Trinajstić information content (AvgIpc) is 2.49. The monoisotopic (exact) mass is 407 g/mol. The number of nitriles is 1. The molecule has 0 fully saturated rings. The Hall–Kier alpha value is -1.77. The van der Waals surface area contributed by atoms with Crippen LogP contribution in [-0.4, -0.2) is 12.2 Å². The topological polar surface area (TPSA) is 53.2 Å². The largest absolute Gasteiger partial charge is 0.506 e. The summed E-state index contributed by atoms with van der Waals surface area (Å²) in [6.45, 7) is 0. The molecule has 0 saturated carbocycles. The number of hydrogen-bond donors (Lipinski definition) is 1. The molecule has 5 heteroatoms. The van der Waals surface area contributed by atoms with Crippen LogP contribution in [0.4, 0.5) is 0 Å². The van der Waals surface area contributed by atoms with Crippen molar-refractivity contribution in [3.8, 4) is 17.6 Å². The Morgan fingerprint density at radius 1 is 1.24 bits per heavy atom. The number of benzene rings is 2. The van der Waals surface area contributed by atoms with Gasteiger partial charge in [0.1, 0.15) is 11.5 Å². The van der Waals surface area contributed by atoms with Crippen molar-refractivity contribution in [3.05, 3.63) is 56.5 Å². The van der Waals surface area contributed by atoms with Crippen LogP contribution in [-0.2, 0) is 0 Å². The maximum atomic E-state index is 10.1. The highest BCUT2D eigenvalue weighted by Crippen LogP contribution is 2.34. The molecule has 0 amide bonds. The van der Waals surface area contributed by atoms with Gasteiger partial charge in [0.05, 0.1) is 23.2 Å². The van der Waals surface area contributed by atoms with E-state index in [2.05, 4.69) is 37.9 Å². The molecule has 3 nitrogen and oxygen atoms in total. The van der Waals surface area contributed by atoms with E-state index in [1.54, 1.807) is 49.6 Å². The number of methoxy groups -OCH3 is 1. The number of halogens is 2. The number of phenols is 1. The van der Waals surface area contributed by atoms with E-state index < -0.39 is 0 Å². The van der Waals surface area contributed by atoms with Gasteiger partial charge in [0.2, 0.25) is 0 Å². The molecule has 21 heavy (non-hydrogen) atoms. The summed E-state index contributed by atoms with van der Waals surface area (Å²) in [6, 6.07) is 12.8. The Labute approximate surface area is 139 Å². The predicted octanol–water partition coefficient (Wildman–Crippen LogP) is 4.99. The molecule has 2 rings (SSSR count). The lowest BCUT2D eigenvalue weighted by atomic mass is 10.0. The number of hydrogen-bond acceptors (Lipinski definition) is 3. The summed E-state index contributed by atoms with van der Waals surface area (Å²) in [6.07, 6.45) is 1.65. The first-order valence-electron chi connectivity index (χ1n) is 5.99. The molecule has 0 spiro atoms. The molecule has 106 valence electrons. The van der Waals surface area contributed by atoms with Crippen LogP contribution >= 0.6 is 31.9 Å². The van der Waals surface area contributed by atoms with Crippen molar-refractivity contribution in [2.45, 2.75) is 0 Å². The van der Waals surface area contributed by atoms with Crippen molar-refractivity contribution in [1.82, 2.24) is 0 Å². The van der Waals surface area contributed by atoms with Crippen LogP contribution in [0.1, 0.15) is 11.1 Å². The molecule has 0 aromatic heterocycles. The maximum absolute atomic E-state index is 10.1. The fourth-order valence-electron chi connectivity index (χ4n) is 1.80. The highest BCUT2D eigenvalue weighted by atomic mass is 79.9. The van der Waals surface area contributed by atoms with E-state index in [0.29, 0.717) is 15.6 Å². The second-order valence-electron chi connectivity index (χ2n) is 4.22. The summed E-state index contributed by atoms with van der Waals surface area (Å²) in [5.41, 5.74) is 1.77. The molecule has 0 unspecified atom stereocenters. The smallest absolute Gasteiger partial charge is 0.137 e. The van der Waals surface area contributed by atoms with E-state index >= 15 is 0 Å². The van der Waals surface area contributed by atoms with E-state index in [4.69, 9.17) is 4.74 Å². The van der Waals surface area contributed by atoms with Crippen molar-refractivity contribution in [2.24, 2.45) is 0 Å². The Bertz CT molecular complexity index is 731. The summed E-state index contributed by atoms with van der Waals surface area (Å²) in [7, 11) is 1.59. The van der Waals surface area contributed by atoms with Gasteiger partial charge in [-0.1, -0.05) is 15.9 Å². The third kappa shape index (κ3) is 3.66. The number of phenolic OH excluding ortho intramolecular Hbond substituents is 1. The van der Waals surface area contributed by atoms with Gasteiger partial charge >= 0.3 is 0 Å². The van der Waals surface area contributed by atoms with Gasteiger partial charge in [-0.05, 0) is 64.0 Å². The minimum atomic E-state index is 0.0967. The third-order valence-electron chi connectivity index (χ3n) is 2.88. The maximum Gasteiger partial charge on any atom is 0.137 e. The quantitative estimate of drug-likeness (QED) is 0.574. The van der Waals surface area contributed by atoms with E-state index in [9.17, 15) is 10.4 Å². The van der Waals surface area contributed by atoms with Crippen molar-refractivity contribution < 1.29 is 9.84 Å². The lowest BCUT2D eigenvalue weighted by Crippen LogP contribution is -1.86. The molecule has 0 atom stereocenters. The summed E-state index contributed by atoms with van der Waals surface area (Å²) in [5, 5.41) is 19.4. The van der Waals surface area contributed by atoms with Crippen LogP contribution in [0.3, 0.4) is 0 Å². The second kappa shape index (κ2) is 6.79. The van der Waals surface area contributed by atoms with Crippen LogP contribution in [0.25, 0.3) is 11.6 Å². The van der Waals surface area contributed by atoms with Gasteiger partial charge in [-0.25, -0.2) is 0 Å². The Balaban J connectivity index is 2.48. The van der Waals surface area contributed by atoms with Gasteiger partial charge in [0.15, 0.2) is 0 Å². The minimum absolute atomic E-state index is 0.0967. The van der Waals surface area contributed by atoms with Crippen LogP contribution in [0.5, 0.6) is 11.5 Å². The Morgan fingerprint density at radius 2 is 1.90 bits per heavy atom. The highest BCUT2D eigenvalue weighted by Gasteiger charge is 2.08. The highest BCUT2D eigenvalue weighted by molar-refractivity contribution is 9.11. The zero-order valence-corrected chi connectivity index (χ0v) is 14.3. The van der Waals surface area contributed by atoms with Crippen molar-refractivity contribution >= 4 is 43.5 Å². The van der Waals surface area contributed by atoms with Gasteiger partial charge in [-0.2, -0.15) is 5.26 Å². The molecule has 0 bridgehead atoms. The normalized spacial score (nSPS) is 11.0. The van der Waals surface area contributed by atoms with Crippen LogP contribution < -0.4 is 4.74 Å². The molecule has 1 N–H and O–H groups in total. The van der Waals surface area contributed by atoms with Crippen molar-refractivity contribution in [3.63, 3.8) is 0 Å². The van der Waals surface area contributed by atoms with Gasteiger partial charge in [0, 0.05) is 10.0 Å². The number of allylic oxidation sites excluding steroid dienone is 1. The van der Waals surface area contributed by atoms with Gasteiger partial charge < -0.3 is 9.84 Å². The first-order chi connectivity index (χ1) is 10.0. The number of nitrogens with zero attached hydrogens (tertiary/aromatic N) is 1. The molecule has 2 aromatic carbocycles. The van der Waals surface area contributed by atoms with Crippen molar-refractivity contribution in [2.75, 3.05) is 7.11 Å². The molecule has 2 aromatic rings. The first kappa shape index (κ1) is 15.6. The molecule has 0 aliphatic heterocycles. The Morgan fingerprint density at radius 3 is 2.48 bits per heavy atom. The van der Waals surface area contributed by atoms with E-state index in [0.717, 1.165) is 15.8 Å². The lowest BCUT2D eigenvalue weighted by Gasteiger charge is -2.06. The van der Waals surface area contributed by atoms with Crippen LogP contribution in [0.15, 0.2) is 45.3 Å². The fraction of sp³-hybridized carbons (Fsp3) is 0.0625. The fourth-order valence-corrected chi connectivity index (χ4v) is 3.06.